The van der Waals surface area contributed by atoms with Crippen molar-refractivity contribution < 1.29 is 0 Å². The number of piperazine rings is 1. The van der Waals surface area contributed by atoms with Crippen molar-refractivity contribution in [3.8, 4) is 0 Å². The lowest BCUT2D eigenvalue weighted by Gasteiger charge is -2.46. The van der Waals surface area contributed by atoms with Gasteiger partial charge in [0.25, 0.3) is 0 Å². The molecular weight excluding hydrogens is 224 g/mol. The highest BCUT2D eigenvalue weighted by molar-refractivity contribution is 5.05. The molecule has 2 heterocycles. The lowest BCUT2D eigenvalue weighted by molar-refractivity contribution is 0.0945. The Kier molecular flexibility index (Phi) is 3.39. The van der Waals surface area contributed by atoms with Gasteiger partial charge < -0.3 is 5.32 Å². The van der Waals surface area contributed by atoms with Crippen LogP contribution in [0.3, 0.4) is 0 Å². The summed E-state index contributed by atoms with van der Waals surface area (Å²) < 4.78 is 1.90. The normalized spacial score (nSPS) is 24.5. The maximum Gasteiger partial charge on any atom is 0.0534 e. The van der Waals surface area contributed by atoms with Crippen LogP contribution in [0, 0.1) is 0 Å². The van der Waals surface area contributed by atoms with Crippen LogP contribution in [-0.2, 0) is 13.6 Å². The van der Waals surface area contributed by atoms with Crippen LogP contribution in [0.2, 0.25) is 0 Å². The van der Waals surface area contributed by atoms with E-state index in [2.05, 4.69) is 21.5 Å². The average molecular weight is 248 g/mol. The minimum absolute atomic E-state index is 0.415. The molecule has 1 aromatic heterocycles. The van der Waals surface area contributed by atoms with Crippen molar-refractivity contribution in [1.29, 1.82) is 0 Å². The van der Waals surface area contributed by atoms with Crippen molar-refractivity contribution in [2.75, 3.05) is 19.6 Å². The highest BCUT2D eigenvalue weighted by atomic mass is 15.3. The summed E-state index contributed by atoms with van der Waals surface area (Å²) in [5, 5.41) is 8.05. The molecule has 100 valence electrons. The van der Waals surface area contributed by atoms with Crippen LogP contribution in [-0.4, -0.2) is 39.9 Å². The molecule has 3 rings (SSSR count). The number of nitrogens with one attached hydrogen (secondary N) is 1. The summed E-state index contributed by atoms with van der Waals surface area (Å²) in [5.41, 5.74) is 1.75. The zero-order valence-corrected chi connectivity index (χ0v) is 11.4. The van der Waals surface area contributed by atoms with Crippen LogP contribution < -0.4 is 5.32 Å². The average Bonchev–Trinajstić information content (AvgIpc) is 2.76. The molecule has 1 aliphatic heterocycles. The molecule has 0 radical (unpaired) electrons. The highest BCUT2D eigenvalue weighted by Crippen LogP contribution is 2.30. The summed E-state index contributed by atoms with van der Waals surface area (Å²) in [6.07, 6.45) is 11.1. The van der Waals surface area contributed by atoms with E-state index in [0.717, 1.165) is 19.6 Å². The standard InChI is InChI=1S/C14H24N4/c1-17-10-13(9-16-17)11-18-8-7-15-14(12-18)5-3-2-4-6-14/h9-10,15H,2-8,11-12H2,1H3. The van der Waals surface area contributed by atoms with Crippen molar-refractivity contribution in [3.05, 3.63) is 18.0 Å². The second kappa shape index (κ2) is 5.02. The predicted molar refractivity (Wildman–Crippen MR) is 72.3 cm³/mol. The molecule has 1 saturated heterocycles. The second-order valence-corrected chi connectivity index (χ2v) is 6.00. The van der Waals surface area contributed by atoms with Gasteiger partial charge in [-0.15, -0.1) is 0 Å². The van der Waals surface area contributed by atoms with Crippen LogP contribution in [0.15, 0.2) is 12.4 Å². The van der Waals surface area contributed by atoms with Crippen molar-refractivity contribution in [2.45, 2.75) is 44.2 Å². The van der Waals surface area contributed by atoms with Gasteiger partial charge >= 0.3 is 0 Å². The molecule has 0 amide bonds. The van der Waals surface area contributed by atoms with Gasteiger partial charge in [-0.25, -0.2) is 0 Å². The van der Waals surface area contributed by atoms with E-state index in [1.807, 2.05) is 17.9 Å². The Bertz CT molecular complexity index is 387. The fraction of sp³-hybridized carbons (Fsp3) is 0.786. The van der Waals surface area contributed by atoms with E-state index >= 15 is 0 Å². The van der Waals surface area contributed by atoms with Gasteiger partial charge in [-0.1, -0.05) is 19.3 Å². The molecule has 0 unspecified atom stereocenters. The molecule has 4 heteroatoms. The molecule has 4 nitrogen and oxygen atoms in total. The summed E-state index contributed by atoms with van der Waals surface area (Å²) in [4.78, 5) is 2.60. The van der Waals surface area contributed by atoms with Crippen molar-refractivity contribution in [2.24, 2.45) is 7.05 Å². The molecule has 0 bridgehead atoms. The van der Waals surface area contributed by atoms with Gasteiger partial charge in [0, 0.05) is 50.5 Å². The van der Waals surface area contributed by atoms with Gasteiger partial charge in [0.2, 0.25) is 0 Å². The first kappa shape index (κ1) is 12.2. The van der Waals surface area contributed by atoms with E-state index in [4.69, 9.17) is 0 Å². The van der Waals surface area contributed by atoms with Gasteiger partial charge in [0.15, 0.2) is 0 Å². The number of aryl methyl sites for hydroxylation is 1. The van der Waals surface area contributed by atoms with Crippen LogP contribution in [0.5, 0.6) is 0 Å². The lowest BCUT2D eigenvalue weighted by atomic mass is 9.80. The van der Waals surface area contributed by atoms with E-state index in [9.17, 15) is 0 Å². The Morgan fingerprint density at radius 1 is 1.33 bits per heavy atom. The fourth-order valence-electron chi connectivity index (χ4n) is 3.55. The number of hydrogen-bond acceptors (Lipinski definition) is 3. The van der Waals surface area contributed by atoms with Crippen LogP contribution in [0.1, 0.15) is 37.7 Å². The van der Waals surface area contributed by atoms with Gasteiger partial charge in [-0.3, -0.25) is 9.58 Å². The molecule has 1 N–H and O–H groups in total. The third-order valence-corrected chi connectivity index (χ3v) is 4.43. The van der Waals surface area contributed by atoms with Gasteiger partial charge in [-0.05, 0) is 12.8 Å². The fourth-order valence-corrected chi connectivity index (χ4v) is 3.55. The lowest BCUT2D eigenvalue weighted by Crippen LogP contribution is -2.60. The summed E-state index contributed by atoms with van der Waals surface area (Å²) in [7, 11) is 1.99. The molecule has 2 aliphatic rings. The Labute approximate surface area is 109 Å². The Morgan fingerprint density at radius 2 is 2.17 bits per heavy atom. The van der Waals surface area contributed by atoms with E-state index in [0.29, 0.717) is 5.54 Å². The first-order valence-corrected chi connectivity index (χ1v) is 7.21. The zero-order chi connectivity index (χ0) is 12.4. The second-order valence-electron chi connectivity index (χ2n) is 6.00. The zero-order valence-electron chi connectivity index (χ0n) is 11.4. The largest absolute Gasteiger partial charge is 0.309 e. The van der Waals surface area contributed by atoms with Gasteiger partial charge in [0.1, 0.15) is 0 Å². The van der Waals surface area contributed by atoms with Crippen LogP contribution in [0.4, 0.5) is 0 Å². The third kappa shape index (κ3) is 2.59. The smallest absolute Gasteiger partial charge is 0.0534 e. The van der Waals surface area contributed by atoms with Gasteiger partial charge in [0.05, 0.1) is 6.20 Å². The Balaban J connectivity index is 1.63. The monoisotopic (exact) mass is 248 g/mol. The van der Waals surface area contributed by atoms with Crippen LogP contribution >= 0.6 is 0 Å². The molecule has 1 saturated carbocycles. The molecule has 1 aromatic rings. The predicted octanol–water partition coefficient (Wildman–Crippen LogP) is 1.53. The van der Waals surface area contributed by atoms with E-state index < -0.39 is 0 Å². The first-order valence-electron chi connectivity index (χ1n) is 7.21. The van der Waals surface area contributed by atoms with Crippen molar-refractivity contribution in [3.63, 3.8) is 0 Å². The maximum atomic E-state index is 4.26. The summed E-state index contributed by atoms with van der Waals surface area (Å²) >= 11 is 0. The summed E-state index contributed by atoms with van der Waals surface area (Å²) in [6, 6.07) is 0. The summed E-state index contributed by atoms with van der Waals surface area (Å²) in [6.45, 7) is 4.57. The van der Waals surface area contributed by atoms with E-state index in [-0.39, 0.29) is 0 Å². The van der Waals surface area contributed by atoms with Crippen LogP contribution in [0.25, 0.3) is 0 Å². The number of nitrogens with zero attached hydrogens (tertiary/aromatic N) is 3. The topological polar surface area (TPSA) is 33.1 Å². The molecule has 1 spiro atoms. The molecule has 18 heavy (non-hydrogen) atoms. The first-order chi connectivity index (χ1) is 8.76. The van der Waals surface area contributed by atoms with Gasteiger partial charge in [-0.2, -0.15) is 5.10 Å². The van der Waals surface area contributed by atoms with Crippen molar-refractivity contribution >= 4 is 0 Å². The molecular formula is C14H24N4. The van der Waals surface area contributed by atoms with Crippen molar-refractivity contribution in [1.82, 2.24) is 20.0 Å². The number of rotatable bonds is 2. The summed E-state index contributed by atoms with van der Waals surface area (Å²) in [5.74, 6) is 0. The quantitative estimate of drug-likeness (QED) is 0.861. The molecule has 1 aliphatic carbocycles. The Hall–Kier alpha value is -0.870. The Morgan fingerprint density at radius 3 is 2.89 bits per heavy atom. The molecule has 0 atom stereocenters. The van der Waals surface area contributed by atoms with E-state index in [1.54, 1.807) is 0 Å². The highest BCUT2D eigenvalue weighted by Gasteiger charge is 2.35. The molecule has 0 aromatic carbocycles. The number of aromatic nitrogens is 2. The number of hydrogen-bond donors (Lipinski definition) is 1. The third-order valence-electron chi connectivity index (χ3n) is 4.43. The molecule has 2 fully saturated rings. The SMILES string of the molecule is Cn1cc(CN2CCNC3(CCCCC3)C2)cn1. The minimum Gasteiger partial charge on any atom is -0.309 e. The maximum absolute atomic E-state index is 4.26. The van der Waals surface area contributed by atoms with E-state index in [1.165, 1.54) is 44.2 Å². The minimum atomic E-state index is 0.415.